The second-order valence-electron chi connectivity index (χ2n) is 11.4. The highest BCUT2D eigenvalue weighted by atomic mass is 35.5. The largest absolute Gasteiger partial charge is 0.494 e. The maximum absolute atomic E-state index is 13.7. The van der Waals surface area contributed by atoms with Gasteiger partial charge in [-0.2, -0.15) is 0 Å². The first kappa shape index (κ1) is 27.8. The number of nitrogens with one attached hydrogen (secondary N) is 1. The Labute approximate surface area is 247 Å². The second kappa shape index (κ2) is 12.3. The average Bonchev–Trinajstić information content (AvgIpc) is 3.30. The number of halogens is 1. The average molecular weight is 572 g/mol. The first-order chi connectivity index (χ1) is 20.0. The van der Waals surface area contributed by atoms with Gasteiger partial charge in [0, 0.05) is 48.4 Å². The molecule has 3 aromatic carbocycles. The maximum atomic E-state index is 13.7. The van der Waals surface area contributed by atoms with Gasteiger partial charge in [-0.1, -0.05) is 61.0 Å². The highest BCUT2D eigenvalue weighted by Crippen LogP contribution is 2.52. The van der Waals surface area contributed by atoms with Gasteiger partial charge in [-0.25, -0.2) is 0 Å². The first-order valence-corrected chi connectivity index (χ1v) is 15.0. The zero-order chi connectivity index (χ0) is 28.2. The molecule has 0 bridgehead atoms. The number of hydrogen-bond donors (Lipinski definition) is 1. The highest BCUT2D eigenvalue weighted by Gasteiger charge is 2.52. The molecule has 0 aliphatic carbocycles. The normalized spacial score (nSPS) is 24.1. The molecule has 0 saturated carbocycles. The summed E-state index contributed by atoms with van der Waals surface area (Å²) in [6.07, 6.45) is 5.43. The summed E-state index contributed by atoms with van der Waals surface area (Å²) < 4.78 is 11.5. The fraction of sp³-hybridized carbons (Fsp3) is 0.382. The van der Waals surface area contributed by atoms with E-state index in [1.807, 2.05) is 59.5 Å². The van der Waals surface area contributed by atoms with E-state index in [0.29, 0.717) is 13.2 Å². The molecule has 7 heteroatoms. The van der Waals surface area contributed by atoms with Crippen LogP contribution in [0.1, 0.15) is 42.5 Å². The standard InChI is InChI=1S/C34H38ClN3O3/c1-34-16-18-38(31(39)15-8-25-6-3-2-4-7-25)32(33(34)36-30-14-11-27(35)24-29(30)34)26-9-12-28(13-10-26)41-21-5-17-37-19-22-40-23-20-37/h2-4,6-15,24,32-33,36H,5,16-23H2,1H3/b15-8+. The van der Waals surface area contributed by atoms with Crippen molar-refractivity contribution < 1.29 is 14.3 Å². The summed E-state index contributed by atoms with van der Waals surface area (Å²) in [5, 5.41) is 4.52. The number of likely N-dealkylation sites (tertiary alicyclic amines) is 1. The van der Waals surface area contributed by atoms with Crippen LogP contribution in [-0.4, -0.2) is 67.7 Å². The molecule has 3 aromatic rings. The summed E-state index contributed by atoms with van der Waals surface area (Å²) in [5.41, 5.74) is 4.28. The molecule has 2 fully saturated rings. The minimum Gasteiger partial charge on any atom is -0.494 e. The molecule has 1 amide bonds. The summed E-state index contributed by atoms with van der Waals surface area (Å²) in [6, 6.07) is 24.2. The molecule has 6 nitrogen and oxygen atoms in total. The number of fused-ring (bicyclic) bond motifs is 3. The topological polar surface area (TPSA) is 54.0 Å². The molecule has 6 rings (SSSR count). The van der Waals surface area contributed by atoms with E-state index in [2.05, 4.69) is 41.4 Å². The molecule has 214 valence electrons. The fourth-order valence-corrected chi connectivity index (χ4v) is 6.68. The van der Waals surface area contributed by atoms with Crippen LogP contribution in [0.3, 0.4) is 0 Å². The fourth-order valence-electron chi connectivity index (χ4n) is 6.51. The molecular weight excluding hydrogens is 534 g/mol. The van der Waals surface area contributed by atoms with Gasteiger partial charge in [0.05, 0.1) is 31.9 Å². The molecule has 0 spiro atoms. The number of carbonyl (C=O) groups is 1. The molecule has 3 aliphatic rings. The van der Waals surface area contributed by atoms with Crippen LogP contribution in [0.4, 0.5) is 5.69 Å². The van der Waals surface area contributed by atoms with Crippen molar-refractivity contribution in [2.75, 3.05) is 51.3 Å². The van der Waals surface area contributed by atoms with E-state index in [-0.39, 0.29) is 23.4 Å². The number of carbonyl (C=O) groups excluding carboxylic acids is 1. The van der Waals surface area contributed by atoms with Crippen LogP contribution in [0.15, 0.2) is 78.9 Å². The van der Waals surface area contributed by atoms with Crippen LogP contribution < -0.4 is 10.1 Å². The van der Waals surface area contributed by atoms with Gasteiger partial charge in [0.1, 0.15) is 5.75 Å². The van der Waals surface area contributed by atoms with Crippen LogP contribution in [-0.2, 0) is 14.9 Å². The second-order valence-corrected chi connectivity index (χ2v) is 11.9. The number of ether oxygens (including phenoxy) is 2. The third kappa shape index (κ3) is 6.01. The van der Waals surface area contributed by atoms with Gasteiger partial charge >= 0.3 is 0 Å². The van der Waals surface area contributed by atoms with Crippen LogP contribution in [0, 0.1) is 0 Å². The van der Waals surface area contributed by atoms with Gasteiger partial charge in [0.2, 0.25) is 5.91 Å². The number of nitrogens with zero attached hydrogens (tertiary/aromatic N) is 2. The minimum atomic E-state index is -0.153. The molecule has 41 heavy (non-hydrogen) atoms. The summed E-state index contributed by atoms with van der Waals surface area (Å²) in [4.78, 5) is 18.1. The van der Waals surface area contributed by atoms with Crippen LogP contribution in [0.2, 0.25) is 5.02 Å². The molecule has 2 saturated heterocycles. The first-order valence-electron chi connectivity index (χ1n) is 14.6. The SMILES string of the molecule is CC12CCN(C(=O)/C=C/c3ccccc3)C(c3ccc(OCCCN4CCOCC4)cc3)C1Nc1ccc(Cl)cc12. The Balaban J connectivity index is 1.21. The summed E-state index contributed by atoms with van der Waals surface area (Å²) >= 11 is 6.44. The van der Waals surface area contributed by atoms with E-state index in [4.69, 9.17) is 21.1 Å². The zero-order valence-electron chi connectivity index (χ0n) is 23.6. The number of hydrogen-bond acceptors (Lipinski definition) is 5. The van der Waals surface area contributed by atoms with E-state index in [0.717, 1.165) is 73.3 Å². The van der Waals surface area contributed by atoms with Crippen molar-refractivity contribution in [2.24, 2.45) is 0 Å². The predicted octanol–water partition coefficient (Wildman–Crippen LogP) is 6.18. The lowest BCUT2D eigenvalue weighted by Gasteiger charge is -2.48. The Morgan fingerprint density at radius 2 is 1.85 bits per heavy atom. The van der Waals surface area contributed by atoms with Gasteiger partial charge in [-0.3, -0.25) is 9.69 Å². The van der Waals surface area contributed by atoms with Crippen LogP contribution in [0.25, 0.3) is 6.08 Å². The predicted molar refractivity (Wildman–Crippen MR) is 165 cm³/mol. The number of rotatable bonds is 8. The monoisotopic (exact) mass is 571 g/mol. The van der Waals surface area contributed by atoms with Gasteiger partial charge in [-0.15, -0.1) is 0 Å². The van der Waals surface area contributed by atoms with E-state index in [9.17, 15) is 4.79 Å². The number of piperidine rings is 1. The molecule has 0 radical (unpaired) electrons. The molecule has 3 heterocycles. The van der Waals surface area contributed by atoms with Crippen LogP contribution >= 0.6 is 11.6 Å². The molecular formula is C34H38ClN3O3. The lowest BCUT2D eigenvalue weighted by molar-refractivity contribution is -0.131. The minimum absolute atomic E-state index is 0.0130. The van der Waals surface area contributed by atoms with Crippen molar-refractivity contribution in [1.82, 2.24) is 9.80 Å². The molecule has 3 atom stereocenters. The van der Waals surface area contributed by atoms with Gasteiger partial charge in [0.15, 0.2) is 0 Å². The summed E-state index contributed by atoms with van der Waals surface area (Å²) in [5.74, 6) is 0.866. The Kier molecular flexibility index (Phi) is 8.33. The smallest absolute Gasteiger partial charge is 0.247 e. The molecule has 3 aliphatic heterocycles. The van der Waals surface area contributed by atoms with Crippen molar-refractivity contribution in [2.45, 2.75) is 37.3 Å². The van der Waals surface area contributed by atoms with Crippen molar-refractivity contribution in [3.63, 3.8) is 0 Å². The number of amides is 1. The Morgan fingerprint density at radius 1 is 1.07 bits per heavy atom. The lowest BCUT2D eigenvalue weighted by atomic mass is 9.69. The van der Waals surface area contributed by atoms with Crippen molar-refractivity contribution in [1.29, 1.82) is 0 Å². The Bertz CT molecular complexity index is 1370. The molecule has 3 unspecified atom stereocenters. The number of benzene rings is 3. The Morgan fingerprint density at radius 3 is 2.63 bits per heavy atom. The van der Waals surface area contributed by atoms with Gasteiger partial charge < -0.3 is 19.7 Å². The third-order valence-corrected chi connectivity index (χ3v) is 9.07. The highest BCUT2D eigenvalue weighted by molar-refractivity contribution is 6.30. The lowest BCUT2D eigenvalue weighted by Crippen LogP contribution is -2.55. The summed E-state index contributed by atoms with van der Waals surface area (Å²) in [7, 11) is 0. The zero-order valence-corrected chi connectivity index (χ0v) is 24.4. The van der Waals surface area contributed by atoms with Gasteiger partial charge in [0.25, 0.3) is 0 Å². The molecule has 0 aromatic heterocycles. The Hall–Kier alpha value is -3.32. The van der Waals surface area contributed by atoms with E-state index in [1.165, 1.54) is 5.56 Å². The molecule has 1 N–H and O–H groups in total. The maximum Gasteiger partial charge on any atom is 0.247 e. The third-order valence-electron chi connectivity index (χ3n) is 8.83. The number of anilines is 1. The van der Waals surface area contributed by atoms with Crippen molar-refractivity contribution in [3.05, 3.63) is 101 Å². The van der Waals surface area contributed by atoms with Crippen LogP contribution in [0.5, 0.6) is 5.75 Å². The van der Waals surface area contributed by atoms with E-state index in [1.54, 1.807) is 6.08 Å². The quantitative estimate of drug-likeness (QED) is 0.258. The van der Waals surface area contributed by atoms with Crippen molar-refractivity contribution in [3.8, 4) is 5.75 Å². The van der Waals surface area contributed by atoms with Gasteiger partial charge in [-0.05, 0) is 65.9 Å². The van der Waals surface area contributed by atoms with Crippen molar-refractivity contribution >= 4 is 29.3 Å². The van der Waals surface area contributed by atoms with E-state index >= 15 is 0 Å². The number of morpholine rings is 1. The summed E-state index contributed by atoms with van der Waals surface area (Å²) in [6.45, 7) is 8.28. The van der Waals surface area contributed by atoms with E-state index < -0.39 is 0 Å².